The van der Waals surface area contributed by atoms with E-state index in [1.165, 1.54) is 0 Å². The van der Waals surface area contributed by atoms with Crippen molar-refractivity contribution in [1.82, 2.24) is 24.5 Å². The number of nitrogens with zero attached hydrogens (tertiary/aromatic N) is 5. The smallest absolute Gasteiger partial charge is 0.238 e. The van der Waals surface area contributed by atoms with Crippen molar-refractivity contribution in [1.29, 1.82) is 0 Å². The summed E-state index contributed by atoms with van der Waals surface area (Å²) in [4.78, 5) is 20.7. The molecule has 11 rings (SSSR count). The van der Waals surface area contributed by atoms with Crippen LogP contribution in [0.1, 0.15) is 22.3 Å². The van der Waals surface area contributed by atoms with Crippen LogP contribution in [0.4, 0.5) is 0 Å². The molecule has 0 bridgehead atoms. The van der Waals surface area contributed by atoms with Crippen LogP contribution in [0.15, 0.2) is 205 Å². The average molecular weight is 732 g/mol. The number of rotatable bonds is 7. The molecule has 0 aliphatic rings. The summed E-state index contributed by atoms with van der Waals surface area (Å²) in [6.07, 6.45) is 1.75. The summed E-state index contributed by atoms with van der Waals surface area (Å²) in [5.41, 5.74) is 8.62. The molecule has 0 aliphatic carbocycles. The first kappa shape index (κ1) is 32.7. The van der Waals surface area contributed by atoms with E-state index in [1.54, 1.807) is 6.20 Å². The van der Waals surface area contributed by atoms with Gasteiger partial charge in [-0.3, -0.25) is 4.57 Å². The van der Waals surface area contributed by atoms with E-state index in [-0.39, 0.29) is 0 Å². The van der Waals surface area contributed by atoms with Crippen LogP contribution in [-0.4, -0.2) is 24.5 Å². The Hall–Kier alpha value is -7.70. The fourth-order valence-electron chi connectivity index (χ4n) is 8.69. The summed E-state index contributed by atoms with van der Waals surface area (Å²) in [6, 6.07) is 67.7. The second-order valence-corrected chi connectivity index (χ2v) is 14.2. The van der Waals surface area contributed by atoms with Gasteiger partial charge in [-0.25, -0.2) is 9.97 Å². The molecule has 57 heavy (non-hydrogen) atoms. The third-order valence-electron chi connectivity index (χ3n) is 11.1. The molecule has 0 aliphatic heterocycles. The summed E-state index contributed by atoms with van der Waals surface area (Å²) < 4.78 is 8.64. The van der Waals surface area contributed by atoms with E-state index in [9.17, 15) is 0 Å². The normalized spacial score (nSPS) is 11.9. The van der Waals surface area contributed by atoms with Gasteiger partial charge in [0.2, 0.25) is 11.7 Å². The molecule has 6 nitrogen and oxygen atoms in total. The first-order valence-corrected chi connectivity index (χ1v) is 19.1. The number of para-hydroxylation sites is 3. The van der Waals surface area contributed by atoms with Crippen molar-refractivity contribution in [2.45, 2.75) is 5.41 Å². The monoisotopic (exact) mass is 731 g/mol. The van der Waals surface area contributed by atoms with Crippen LogP contribution in [0.25, 0.3) is 72.6 Å². The quantitative estimate of drug-likeness (QED) is 0.153. The minimum atomic E-state index is -0.732. The Morgan fingerprint density at radius 2 is 0.895 bits per heavy atom. The molecule has 0 N–H and O–H groups in total. The fraction of sp³-hybridized carbons (Fsp3) is 0.0196. The van der Waals surface area contributed by atoms with E-state index in [2.05, 4.69) is 179 Å². The molecule has 6 heteroatoms. The van der Waals surface area contributed by atoms with Crippen molar-refractivity contribution in [3.63, 3.8) is 0 Å². The zero-order chi connectivity index (χ0) is 37.8. The fourth-order valence-corrected chi connectivity index (χ4v) is 8.69. The SMILES string of the molecule is c1ccc(C(c2ccccc2)(c2ccccc2)c2ccccc2-c2nc(-c3cccc4c3oc3ncccc34)nc(-n3c4ccccc4c4ccccc43)n2)cc1. The lowest BCUT2D eigenvalue weighted by Crippen LogP contribution is -2.31. The number of aromatic nitrogens is 5. The number of pyridine rings is 1. The summed E-state index contributed by atoms with van der Waals surface area (Å²) in [6.45, 7) is 0. The van der Waals surface area contributed by atoms with E-state index >= 15 is 0 Å². The molecule has 0 saturated carbocycles. The number of furan rings is 1. The number of benzene rings is 7. The van der Waals surface area contributed by atoms with Gasteiger partial charge in [-0.15, -0.1) is 0 Å². The van der Waals surface area contributed by atoms with Crippen molar-refractivity contribution in [2.24, 2.45) is 0 Å². The molecule has 268 valence electrons. The molecule has 4 aromatic heterocycles. The Balaban J connectivity index is 1.26. The molecule has 0 saturated heterocycles. The number of hydrogen-bond acceptors (Lipinski definition) is 5. The highest BCUT2D eigenvalue weighted by Gasteiger charge is 2.40. The lowest BCUT2D eigenvalue weighted by molar-refractivity contribution is 0.654. The first-order chi connectivity index (χ1) is 28.3. The zero-order valence-corrected chi connectivity index (χ0v) is 30.7. The maximum absolute atomic E-state index is 6.49. The lowest BCUT2D eigenvalue weighted by Gasteiger charge is -2.38. The Morgan fingerprint density at radius 3 is 1.53 bits per heavy atom. The largest absolute Gasteiger partial charge is 0.437 e. The van der Waals surface area contributed by atoms with Gasteiger partial charge in [-0.1, -0.05) is 164 Å². The minimum Gasteiger partial charge on any atom is -0.437 e. The molecule has 7 aromatic carbocycles. The second kappa shape index (κ2) is 13.3. The van der Waals surface area contributed by atoms with Gasteiger partial charge in [-0.2, -0.15) is 9.97 Å². The topological polar surface area (TPSA) is 69.6 Å². The Morgan fingerprint density at radius 1 is 0.404 bits per heavy atom. The van der Waals surface area contributed by atoms with Gasteiger partial charge in [0, 0.05) is 33.3 Å². The van der Waals surface area contributed by atoms with Gasteiger partial charge in [0.15, 0.2) is 11.6 Å². The molecule has 0 atom stereocenters. The molecule has 11 aromatic rings. The van der Waals surface area contributed by atoms with E-state index in [0.717, 1.165) is 66.0 Å². The average Bonchev–Trinajstić information content (AvgIpc) is 3.84. The highest BCUT2D eigenvalue weighted by Crippen LogP contribution is 2.48. The Bertz CT molecular complexity index is 3090. The van der Waals surface area contributed by atoms with E-state index < -0.39 is 5.41 Å². The van der Waals surface area contributed by atoms with Crippen LogP contribution in [-0.2, 0) is 5.41 Å². The summed E-state index contributed by atoms with van der Waals surface area (Å²) in [5.74, 6) is 1.56. The zero-order valence-electron chi connectivity index (χ0n) is 30.7. The molecular formula is C51H33N5O. The predicted molar refractivity (Wildman–Crippen MR) is 228 cm³/mol. The maximum Gasteiger partial charge on any atom is 0.238 e. The lowest BCUT2D eigenvalue weighted by atomic mass is 9.64. The Kier molecular flexibility index (Phi) is 7.60. The van der Waals surface area contributed by atoms with Crippen LogP contribution in [0.3, 0.4) is 0 Å². The van der Waals surface area contributed by atoms with Crippen molar-refractivity contribution in [3.05, 3.63) is 223 Å². The van der Waals surface area contributed by atoms with Gasteiger partial charge in [0.25, 0.3) is 0 Å². The van der Waals surface area contributed by atoms with E-state index in [4.69, 9.17) is 19.4 Å². The highest BCUT2D eigenvalue weighted by atomic mass is 16.3. The predicted octanol–water partition coefficient (Wildman–Crippen LogP) is 12.0. The molecule has 4 heterocycles. The van der Waals surface area contributed by atoms with Gasteiger partial charge >= 0.3 is 0 Å². The standard InChI is InChI=1S/C51H33N5O/c1-4-18-34(19-5-1)51(35-20-6-2-7-21-35,36-22-8-3-9-23-36)43-30-13-10-26-41(43)47-53-48(42-28-16-27-39-40-29-17-33-52-49(40)57-46(39)42)55-50(54-47)56-44-31-14-11-24-37(44)38-25-12-15-32-45(38)56/h1-33H. The van der Waals surface area contributed by atoms with Crippen LogP contribution < -0.4 is 0 Å². The number of fused-ring (bicyclic) bond motifs is 6. The highest BCUT2D eigenvalue weighted by molar-refractivity contribution is 6.09. The molecule has 0 spiro atoms. The van der Waals surface area contributed by atoms with Gasteiger partial charge in [0.1, 0.15) is 5.58 Å². The maximum atomic E-state index is 6.49. The van der Waals surface area contributed by atoms with Gasteiger partial charge < -0.3 is 4.42 Å². The Labute approximate surface area is 328 Å². The summed E-state index contributed by atoms with van der Waals surface area (Å²) >= 11 is 0. The van der Waals surface area contributed by atoms with Crippen LogP contribution >= 0.6 is 0 Å². The molecule has 0 unspecified atom stereocenters. The van der Waals surface area contributed by atoms with E-state index in [1.807, 2.05) is 24.3 Å². The van der Waals surface area contributed by atoms with Crippen LogP contribution in [0.2, 0.25) is 0 Å². The summed E-state index contributed by atoms with van der Waals surface area (Å²) in [5, 5.41) is 4.14. The van der Waals surface area contributed by atoms with Crippen molar-refractivity contribution < 1.29 is 4.42 Å². The minimum absolute atomic E-state index is 0.501. The van der Waals surface area contributed by atoms with Crippen molar-refractivity contribution >= 4 is 43.9 Å². The van der Waals surface area contributed by atoms with Gasteiger partial charge in [-0.05, 0) is 52.6 Å². The first-order valence-electron chi connectivity index (χ1n) is 19.1. The van der Waals surface area contributed by atoms with Crippen LogP contribution in [0, 0.1) is 0 Å². The number of hydrogen-bond donors (Lipinski definition) is 0. The van der Waals surface area contributed by atoms with Crippen molar-refractivity contribution in [2.75, 3.05) is 0 Å². The summed E-state index contributed by atoms with van der Waals surface area (Å²) in [7, 11) is 0. The molecule has 0 amide bonds. The third-order valence-corrected chi connectivity index (χ3v) is 11.1. The molecular weight excluding hydrogens is 699 g/mol. The van der Waals surface area contributed by atoms with Crippen molar-refractivity contribution in [3.8, 4) is 28.7 Å². The van der Waals surface area contributed by atoms with E-state index in [0.29, 0.717) is 28.9 Å². The van der Waals surface area contributed by atoms with Crippen LogP contribution in [0.5, 0.6) is 0 Å². The third kappa shape index (κ3) is 5.11. The van der Waals surface area contributed by atoms with Gasteiger partial charge in [0.05, 0.1) is 22.0 Å². The second-order valence-electron chi connectivity index (χ2n) is 14.2. The molecule has 0 fully saturated rings. The molecule has 0 radical (unpaired) electrons.